The highest BCUT2D eigenvalue weighted by Crippen LogP contribution is 2.58. The second kappa shape index (κ2) is 7.56. The molecule has 0 aromatic rings. The average molecular weight is 392 g/mol. The van der Waals surface area contributed by atoms with Crippen molar-refractivity contribution >= 4 is 6.21 Å². The van der Waals surface area contributed by atoms with Crippen molar-refractivity contribution in [2.75, 3.05) is 26.4 Å². The van der Waals surface area contributed by atoms with Crippen LogP contribution < -0.4 is 5.32 Å². The lowest BCUT2D eigenvalue weighted by Gasteiger charge is -2.57. The van der Waals surface area contributed by atoms with Crippen LogP contribution in [0.1, 0.15) is 25.7 Å². The third-order valence-electron chi connectivity index (χ3n) is 6.84. The molecule has 0 aromatic heterocycles. The molecule has 0 amide bonds. The second-order valence-corrected chi connectivity index (χ2v) is 8.34. The zero-order valence-electron chi connectivity index (χ0n) is 16.8. The first-order chi connectivity index (χ1) is 14.3. The fraction of sp³-hybridized carbons (Fsp3) is 0.458. The lowest BCUT2D eigenvalue weighted by Crippen LogP contribution is -2.66. The number of fused-ring (bicyclic) bond motifs is 2. The van der Waals surface area contributed by atoms with E-state index in [1.54, 1.807) is 0 Å². The molecule has 3 atom stereocenters. The molecule has 1 fully saturated rings. The summed E-state index contributed by atoms with van der Waals surface area (Å²) in [6, 6.07) is 0.366. The van der Waals surface area contributed by atoms with Crippen LogP contribution in [0.5, 0.6) is 0 Å². The van der Waals surface area contributed by atoms with E-state index in [2.05, 4.69) is 70.1 Å². The summed E-state index contributed by atoms with van der Waals surface area (Å²) in [6.07, 6.45) is 26.5. The summed E-state index contributed by atoms with van der Waals surface area (Å²) in [7, 11) is 0. The Hall–Kier alpha value is -2.21. The molecule has 0 radical (unpaired) electrons. The Morgan fingerprint density at radius 3 is 3.14 bits per heavy atom. The number of rotatable bonds is 5. The standard InChI is InChI=1S/C24H29N3O2/c28-14-16-29-15-8-20-7-11-23-9-3-4-10-24(23,26-20)21-6-2-1-5-19(21)18-27-13-12-25-17-22(23)27/h1,3-6,9-10,12,17-18,20,26,28H,2,7-8,11,13-16H2. The number of piperidine rings is 1. The van der Waals surface area contributed by atoms with Gasteiger partial charge in [0.05, 0.1) is 30.7 Å². The van der Waals surface area contributed by atoms with Crippen LogP contribution >= 0.6 is 0 Å². The van der Waals surface area contributed by atoms with Crippen LogP contribution in [0.25, 0.3) is 0 Å². The van der Waals surface area contributed by atoms with Gasteiger partial charge in [-0.25, -0.2) is 0 Å². The van der Waals surface area contributed by atoms with Gasteiger partial charge in [-0.2, -0.15) is 0 Å². The smallest absolute Gasteiger partial charge is 0.0777 e. The van der Waals surface area contributed by atoms with Gasteiger partial charge >= 0.3 is 0 Å². The van der Waals surface area contributed by atoms with Gasteiger partial charge in [-0.3, -0.25) is 4.99 Å². The minimum atomic E-state index is -0.286. The predicted octanol–water partition coefficient (Wildman–Crippen LogP) is 3.00. The van der Waals surface area contributed by atoms with Crippen LogP contribution in [-0.4, -0.2) is 54.2 Å². The topological polar surface area (TPSA) is 57.1 Å². The third-order valence-corrected chi connectivity index (χ3v) is 6.84. The molecule has 1 saturated heterocycles. The normalized spacial score (nSPS) is 34.3. The molecule has 3 heterocycles. The van der Waals surface area contributed by atoms with Crippen molar-refractivity contribution in [3.05, 3.63) is 71.8 Å². The minimum absolute atomic E-state index is 0.0799. The van der Waals surface area contributed by atoms with E-state index in [0.717, 1.165) is 32.2 Å². The van der Waals surface area contributed by atoms with E-state index in [1.807, 2.05) is 6.21 Å². The lowest BCUT2D eigenvalue weighted by atomic mass is 9.56. The van der Waals surface area contributed by atoms with Crippen molar-refractivity contribution < 1.29 is 9.84 Å². The Morgan fingerprint density at radius 1 is 1.28 bits per heavy atom. The molecule has 2 aliphatic carbocycles. The van der Waals surface area contributed by atoms with Crippen molar-refractivity contribution in [1.82, 2.24) is 10.2 Å². The number of nitrogens with one attached hydrogen (secondary N) is 1. The second-order valence-electron chi connectivity index (χ2n) is 8.34. The zero-order valence-corrected chi connectivity index (χ0v) is 16.8. The maximum absolute atomic E-state index is 8.98. The van der Waals surface area contributed by atoms with Crippen molar-refractivity contribution in [1.29, 1.82) is 0 Å². The van der Waals surface area contributed by atoms with Gasteiger partial charge in [0.1, 0.15) is 0 Å². The molecule has 152 valence electrons. The Balaban J connectivity index is 1.58. The van der Waals surface area contributed by atoms with Gasteiger partial charge in [-0.15, -0.1) is 0 Å². The molecular formula is C24H29N3O2. The van der Waals surface area contributed by atoms with Crippen LogP contribution in [0.15, 0.2) is 76.8 Å². The summed E-state index contributed by atoms with van der Waals surface area (Å²) in [6.45, 7) is 1.97. The number of nitrogens with zero attached hydrogens (tertiary/aromatic N) is 2. The Bertz CT molecular complexity index is 879. The van der Waals surface area contributed by atoms with Crippen LogP contribution in [-0.2, 0) is 4.74 Å². The molecule has 5 nitrogen and oxygen atoms in total. The Labute approximate surface area is 172 Å². The maximum Gasteiger partial charge on any atom is 0.0777 e. The summed E-state index contributed by atoms with van der Waals surface area (Å²) >= 11 is 0. The van der Waals surface area contributed by atoms with Gasteiger partial charge in [0.2, 0.25) is 0 Å². The number of ether oxygens (including phenoxy) is 1. The lowest BCUT2D eigenvalue weighted by molar-refractivity contribution is 0.0704. The number of aliphatic hydroxyl groups excluding tert-OH is 1. The molecular weight excluding hydrogens is 362 g/mol. The molecule has 5 aliphatic rings. The summed E-state index contributed by atoms with van der Waals surface area (Å²) in [4.78, 5) is 6.94. The Kier molecular flexibility index (Phi) is 4.90. The predicted molar refractivity (Wildman–Crippen MR) is 115 cm³/mol. The fourth-order valence-corrected chi connectivity index (χ4v) is 5.57. The fourth-order valence-electron chi connectivity index (χ4n) is 5.57. The van der Waals surface area contributed by atoms with Crippen molar-refractivity contribution in [3.8, 4) is 0 Å². The molecule has 0 aromatic carbocycles. The molecule has 0 saturated carbocycles. The first kappa shape index (κ1) is 18.8. The van der Waals surface area contributed by atoms with Crippen LogP contribution in [0.3, 0.4) is 0 Å². The van der Waals surface area contributed by atoms with Gasteiger partial charge in [0.15, 0.2) is 0 Å². The van der Waals surface area contributed by atoms with E-state index in [0.29, 0.717) is 19.3 Å². The van der Waals surface area contributed by atoms with Gasteiger partial charge in [0.25, 0.3) is 0 Å². The van der Waals surface area contributed by atoms with E-state index in [-0.39, 0.29) is 17.6 Å². The highest BCUT2D eigenvalue weighted by molar-refractivity contribution is 5.67. The van der Waals surface area contributed by atoms with E-state index >= 15 is 0 Å². The molecule has 0 bridgehead atoms. The summed E-state index contributed by atoms with van der Waals surface area (Å²) in [5.41, 5.74) is 3.49. The van der Waals surface area contributed by atoms with Crippen molar-refractivity contribution in [2.45, 2.75) is 37.3 Å². The molecule has 29 heavy (non-hydrogen) atoms. The first-order valence-corrected chi connectivity index (χ1v) is 10.7. The molecule has 0 spiro atoms. The van der Waals surface area contributed by atoms with Crippen molar-refractivity contribution in [2.24, 2.45) is 10.4 Å². The number of allylic oxidation sites excluding steroid dienone is 5. The largest absolute Gasteiger partial charge is 0.394 e. The summed E-state index contributed by atoms with van der Waals surface area (Å²) in [5.74, 6) is 0. The number of hydrogen-bond acceptors (Lipinski definition) is 5. The van der Waals surface area contributed by atoms with Crippen LogP contribution in [0.4, 0.5) is 0 Å². The average Bonchev–Trinajstić information content (AvgIpc) is 2.88. The number of hydrogen-bond donors (Lipinski definition) is 2. The highest BCUT2D eigenvalue weighted by Gasteiger charge is 2.59. The Morgan fingerprint density at radius 2 is 2.21 bits per heavy atom. The van der Waals surface area contributed by atoms with E-state index in [1.165, 1.54) is 16.8 Å². The third kappa shape index (κ3) is 2.91. The van der Waals surface area contributed by atoms with Crippen LogP contribution in [0, 0.1) is 5.41 Å². The van der Waals surface area contributed by atoms with Crippen molar-refractivity contribution in [3.63, 3.8) is 0 Å². The number of aliphatic imine (C=N–C) groups is 1. The van der Waals surface area contributed by atoms with Gasteiger partial charge in [-0.05, 0) is 36.8 Å². The van der Waals surface area contributed by atoms with E-state index in [4.69, 9.17) is 9.84 Å². The summed E-state index contributed by atoms with van der Waals surface area (Å²) < 4.78 is 5.57. The minimum Gasteiger partial charge on any atom is -0.394 e. The van der Waals surface area contributed by atoms with E-state index in [9.17, 15) is 0 Å². The number of aliphatic hydroxyl groups is 1. The molecule has 3 aliphatic heterocycles. The van der Waals surface area contributed by atoms with E-state index < -0.39 is 0 Å². The molecule has 3 unspecified atom stereocenters. The molecule has 5 heteroatoms. The van der Waals surface area contributed by atoms with Gasteiger partial charge < -0.3 is 20.1 Å². The zero-order chi connectivity index (χ0) is 19.7. The monoisotopic (exact) mass is 391 g/mol. The molecule has 5 rings (SSSR count). The molecule has 2 N–H and O–H groups in total. The SMILES string of the molecule is OCCOCCC1CCC23C=CC=CC2(N1)C1=CCC=CC1=CN1CC=NC=C13. The maximum atomic E-state index is 8.98. The van der Waals surface area contributed by atoms with Crippen LogP contribution in [0.2, 0.25) is 0 Å². The highest BCUT2D eigenvalue weighted by atomic mass is 16.5. The quantitative estimate of drug-likeness (QED) is 0.708. The first-order valence-electron chi connectivity index (χ1n) is 10.7. The van der Waals surface area contributed by atoms with Gasteiger partial charge in [-0.1, -0.05) is 42.5 Å². The summed E-state index contributed by atoms with van der Waals surface area (Å²) in [5, 5.41) is 13.0. The van der Waals surface area contributed by atoms with Gasteiger partial charge in [0, 0.05) is 37.0 Å².